The van der Waals surface area contributed by atoms with Gasteiger partial charge in [0.2, 0.25) is 0 Å². The van der Waals surface area contributed by atoms with Crippen molar-refractivity contribution in [2.45, 2.75) is 45.8 Å². The number of carbonyl (C=O) groups excluding carboxylic acids is 2. The number of benzene rings is 1. The standard InChI is InChI=1S/C16H20BrF2NO4/c1-5-23-13(21)8-12(20-15(22)24-16(2,3)4)10-6-9(17)7-11(18)14(10)19/h6-7,12H,5,8H2,1-4H3,(H,20,22)/t12-/m0/s1. The zero-order chi connectivity index (χ0) is 18.5. The molecule has 0 radical (unpaired) electrons. The van der Waals surface area contributed by atoms with E-state index in [2.05, 4.69) is 21.2 Å². The van der Waals surface area contributed by atoms with Gasteiger partial charge in [0.15, 0.2) is 11.6 Å². The van der Waals surface area contributed by atoms with E-state index in [1.165, 1.54) is 6.07 Å². The number of ether oxygens (including phenoxy) is 2. The van der Waals surface area contributed by atoms with Gasteiger partial charge >= 0.3 is 12.1 Å². The number of nitrogens with one attached hydrogen (secondary N) is 1. The fourth-order valence-corrected chi connectivity index (χ4v) is 2.35. The van der Waals surface area contributed by atoms with Crippen LogP contribution in [0.2, 0.25) is 0 Å². The first-order chi connectivity index (χ1) is 11.0. The van der Waals surface area contributed by atoms with Crippen molar-refractivity contribution in [2.75, 3.05) is 6.61 Å². The Hall–Kier alpha value is -1.70. The number of amides is 1. The van der Waals surface area contributed by atoms with E-state index in [1.807, 2.05) is 0 Å². The third-order valence-corrected chi connectivity index (χ3v) is 3.22. The average molecular weight is 408 g/mol. The Kier molecular flexibility index (Phi) is 7.13. The van der Waals surface area contributed by atoms with Gasteiger partial charge in [0.25, 0.3) is 0 Å². The van der Waals surface area contributed by atoms with Gasteiger partial charge in [-0.1, -0.05) is 15.9 Å². The first-order valence-corrected chi connectivity index (χ1v) is 8.12. The van der Waals surface area contributed by atoms with Gasteiger partial charge in [0.05, 0.1) is 19.1 Å². The minimum absolute atomic E-state index is 0.132. The molecule has 8 heteroatoms. The third-order valence-electron chi connectivity index (χ3n) is 2.76. The summed E-state index contributed by atoms with van der Waals surface area (Å²) in [5.41, 5.74) is -0.958. The van der Waals surface area contributed by atoms with Gasteiger partial charge in [-0.05, 0) is 39.8 Å². The van der Waals surface area contributed by atoms with Crippen molar-refractivity contribution in [1.82, 2.24) is 5.32 Å². The molecule has 1 N–H and O–H groups in total. The van der Waals surface area contributed by atoms with Gasteiger partial charge in [-0.15, -0.1) is 0 Å². The summed E-state index contributed by atoms with van der Waals surface area (Å²) in [6, 6.07) is 1.11. The summed E-state index contributed by atoms with van der Waals surface area (Å²) in [5, 5.41) is 2.38. The monoisotopic (exact) mass is 407 g/mol. The second-order valence-electron chi connectivity index (χ2n) is 6.00. The molecule has 0 unspecified atom stereocenters. The molecule has 0 aliphatic heterocycles. The molecule has 0 aliphatic carbocycles. The Morgan fingerprint density at radius 1 is 1.29 bits per heavy atom. The fourth-order valence-electron chi connectivity index (χ4n) is 1.90. The Bertz CT molecular complexity index is 617. The van der Waals surface area contributed by atoms with E-state index in [0.29, 0.717) is 0 Å². The molecule has 1 rings (SSSR count). The third kappa shape index (κ3) is 6.43. The molecule has 0 fully saturated rings. The molecule has 1 aromatic carbocycles. The maximum absolute atomic E-state index is 14.1. The summed E-state index contributed by atoms with van der Waals surface area (Å²) in [5.74, 6) is -2.90. The van der Waals surface area contributed by atoms with Crippen molar-refractivity contribution in [1.29, 1.82) is 0 Å². The van der Waals surface area contributed by atoms with Crippen LogP contribution in [0.25, 0.3) is 0 Å². The van der Waals surface area contributed by atoms with E-state index >= 15 is 0 Å². The van der Waals surface area contributed by atoms with E-state index in [1.54, 1.807) is 27.7 Å². The smallest absolute Gasteiger partial charge is 0.408 e. The van der Waals surface area contributed by atoms with Crippen molar-refractivity contribution in [2.24, 2.45) is 0 Å². The molecule has 0 bridgehead atoms. The van der Waals surface area contributed by atoms with Crippen LogP contribution in [0.1, 0.15) is 45.7 Å². The number of hydrogen-bond donors (Lipinski definition) is 1. The first-order valence-electron chi connectivity index (χ1n) is 7.33. The first kappa shape index (κ1) is 20.3. The number of rotatable bonds is 5. The zero-order valence-corrected chi connectivity index (χ0v) is 15.5. The number of halogens is 3. The number of carbonyl (C=O) groups is 2. The molecule has 0 spiro atoms. The summed E-state index contributed by atoms with van der Waals surface area (Å²) < 4.78 is 37.9. The summed E-state index contributed by atoms with van der Waals surface area (Å²) in [4.78, 5) is 23.7. The van der Waals surface area contributed by atoms with E-state index in [9.17, 15) is 18.4 Å². The van der Waals surface area contributed by atoms with Gasteiger partial charge < -0.3 is 14.8 Å². The molecule has 0 aliphatic rings. The average Bonchev–Trinajstić information content (AvgIpc) is 2.40. The molecular formula is C16H20BrF2NO4. The summed E-state index contributed by atoms with van der Waals surface area (Å²) in [6.07, 6.45) is -1.21. The second-order valence-corrected chi connectivity index (χ2v) is 6.91. The molecule has 24 heavy (non-hydrogen) atoms. The van der Waals surface area contributed by atoms with Crippen LogP contribution < -0.4 is 5.32 Å². The Balaban J connectivity index is 3.10. The van der Waals surface area contributed by atoms with Crippen LogP contribution in [0.4, 0.5) is 13.6 Å². The van der Waals surface area contributed by atoms with Crippen molar-refractivity contribution < 1.29 is 27.8 Å². The quantitative estimate of drug-likeness (QED) is 0.585. The van der Waals surface area contributed by atoms with Crippen LogP contribution in [0.3, 0.4) is 0 Å². The Morgan fingerprint density at radius 2 is 1.92 bits per heavy atom. The largest absolute Gasteiger partial charge is 0.466 e. The van der Waals surface area contributed by atoms with E-state index in [0.717, 1.165) is 6.07 Å². The van der Waals surface area contributed by atoms with E-state index in [4.69, 9.17) is 9.47 Å². The van der Waals surface area contributed by atoms with E-state index in [-0.39, 0.29) is 23.1 Å². The number of hydrogen-bond acceptors (Lipinski definition) is 4. The lowest BCUT2D eigenvalue weighted by molar-refractivity contribution is -0.143. The topological polar surface area (TPSA) is 64.6 Å². The van der Waals surface area contributed by atoms with Gasteiger partial charge in [0.1, 0.15) is 5.60 Å². The molecular weight excluding hydrogens is 388 g/mol. The lowest BCUT2D eigenvalue weighted by atomic mass is 10.0. The zero-order valence-electron chi connectivity index (χ0n) is 13.9. The lowest BCUT2D eigenvalue weighted by Crippen LogP contribution is -2.36. The normalized spacial score (nSPS) is 12.5. The molecule has 1 atom stereocenters. The fraction of sp³-hybridized carbons (Fsp3) is 0.500. The van der Waals surface area contributed by atoms with Crippen LogP contribution in [0.5, 0.6) is 0 Å². The van der Waals surface area contributed by atoms with Crippen LogP contribution in [-0.4, -0.2) is 24.3 Å². The predicted octanol–water partition coefficient (Wildman–Crippen LogP) is 4.25. The van der Waals surface area contributed by atoms with Crippen molar-refractivity contribution in [3.8, 4) is 0 Å². The molecule has 1 amide bonds. The van der Waals surface area contributed by atoms with Crippen LogP contribution in [-0.2, 0) is 14.3 Å². The van der Waals surface area contributed by atoms with Crippen molar-refractivity contribution >= 4 is 28.0 Å². The van der Waals surface area contributed by atoms with Crippen LogP contribution in [0.15, 0.2) is 16.6 Å². The van der Waals surface area contributed by atoms with Crippen LogP contribution >= 0.6 is 15.9 Å². The van der Waals surface area contributed by atoms with E-state index < -0.39 is 35.3 Å². The molecule has 0 heterocycles. The molecule has 0 saturated carbocycles. The molecule has 1 aromatic rings. The molecule has 134 valence electrons. The minimum atomic E-state index is -1.15. The summed E-state index contributed by atoms with van der Waals surface area (Å²) in [7, 11) is 0. The predicted molar refractivity (Wildman–Crippen MR) is 87.4 cm³/mol. The highest BCUT2D eigenvalue weighted by Crippen LogP contribution is 2.27. The van der Waals surface area contributed by atoms with Gasteiger partial charge in [-0.2, -0.15) is 0 Å². The minimum Gasteiger partial charge on any atom is -0.466 e. The Morgan fingerprint density at radius 3 is 2.46 bits per heavy atom. The van der Waals surface area contributed by atoms with Gasteiger partial charge in [-0.3, -0.25) is 4.79 Å². The molecule has 5 nitrogen and oxygen atoms in total. The second kappa shape index (κ2) is 8.41. The summed E-state index contributed by atoms with van der Waals surface area (Å²) in [6.45, 7) is 6.73. The molecule has 0 aromatic heterocycles. The molecule has 0 saturated heterocycles. The van der Waals surface area contributed by atoms with Crippen LogP contribution in [0, 0.1) is 11.6 Å². The lowest BCUT2D eigenvalue weighted by Gasteiger charge is -2.24. The maximum Gasteiger partial charge on any atom is 0.408 e. The van der Waals surface area contributed by atoms with Gasteiger partial charge in [-0.25, -0.2) is 13.6 Å². The van der Waals surface area contributed by atoms with Crippen molar-refractivity contribution in [3.63, 3.8) is 0 Å². The highest BCUT2D eigenvalue weighted by molar-refractivity contribution is 9.10. The van der Waals surface area contributed by atoms with Gasteiger partial charge in [0, 0.05) is 10.0 Å². The van der Waals surface area contributed by atoms with Crippen molar-refractivity contribution in [3.05, 3.63) is 33.8 Å². The highest BCUT2D eigenvalue weighted by atomic mass is 79.9. The maximum atomic E-state index is 14.1. The Labute approximate surface area is 147 Å². The highest BCUT2D eigenvalue weighted by Gasteiger charge is 2.26. The number of esters is 1. The SMILES string of the molecule is CCOC(=O)C[C@H](NC(=O)OC(C)(C)C)c1cc(Br)cc(F)c1F. The number of alkyl carbamates (subject to hydrolysis) is 1. The summed E-state index contributed by atoms with van der Waals surface area (Å²) >= 11 is 3.06.